The third kappa shape index (κ3) is 10.1. The molecule has 0 radical (unpaired) electrons. The van der Waals surface area contributed by atoms with E-state index in [-0.39, 0.29) is 47.6 Å². The summed E-state index contributed by atoms with van der Waals surface area (Å²) in [5.41, 5.74) is 20.2. The Hall–Kier alpha value is -7.24. The van der Waals surface area contributed by atoms with Gasteiger partial charge < -0.3 is 43.2 Å². The predicted molar refractivity (Wildman–Crippen MR) is 177 cm³/mol. The van der Waals surface area contributed by atoms with Crippen LogP contribution in [0.5, 0.6) is 5.75 Å². The van der Waals surface area contributed by atoms with Gasteiger partial charge in [0.2, 0.25) is 6.41 Å². The number of allylic oxidation sites excluding steroid dienone is 4. The number of benzene rings is 2. The fourth-order valence-electron chi connectivity index (χ4n) is 4.06. The Kier molecular flexibility index (Phi) is 13.1. The molecule has 260 valence electrons. The number of carbonyl (C=O) groups is 4. The van der Waals surface area contributed by atoms with E-state index in [1.54, 1.807) is 12.4 Å². The van der Waals surface area contributed by atoms with Crippen LogP contribution in [-0.4, -0.2) is 60.2 Å². The smallest absolute Gasteiger partial charge is 0.337 e. The van der Waals surface area contributed by atoms with Gasteiger partial charge in [0.15, 0.2) is 11.6 Å². The monoisotopic (exact) mass is 691 g/mol. The maximum absolute atomic E-state index is 14.9. The number of rotatable bonds is 13. The van der Waals surface area contributed by atoms with Crippen LogP contribution in [0.15, 0.2) is 91.7 Å². The average molecular weight is 692 g/mol. The number of aromatic nitrogens is 4. The van der Waals surface area contributed by atoms with E-state index < -0.39 is 46.5 Å². The van der Waals surface area contributed by atoms with Crippen molar-refractivity contribution in [2.75, 3.05) is 11.9 Å². The van der Waals surface area contributed by atoms with Crippen LogP contribution in [0.2, 0.25) is 0 Å². The van der Waals surface area contributed by atoms with Crippen molar-refractivity contribution in [3.05, 3.63) is 126 Å². The van der Waals surface area contributed by atoms with Gasteiger partial charge in [-0.15, -0.1) is 0 Å². The summed E-state index contributed by atoms with van der Waals surface area (Å²) in [5.74, 6) is -5.57. The Labute approximate surface area is 282 Å². The molecule has 0 saturated carbocycles. The molecule has 0 aliphatic rings. The Balaban J connectivity index is 0.00000217. The summed E-state index contributed by atoms with van der Waals surface area (Å²) in [7, 11) is 0. The van der Waals surface area contributed by atoms with Crippen LogP contribution in [0.4, 0.5) is 14.5 Å². The molecule has 2 amide bonds. The van der Waals surface area contributed by atoms with Crippen molar-refractivity contribution in [1.29, 1.82) is 0 Å². The number of nitrogens with two attached hydrogens (primary N) is 4. The predicted octanol–water partition coefficient (Wildman–Crippen LogP) is 2.19. The van der Waals surface area contributed by atoms with Crippen LogP contribution in [0.25, 0.3) is 17.7 Å². The van der Waals surface area contributed by atoms with Gasteiger partial charge in [0.05, 0.1) is 29.1 Å². The summed E-state index contributed by atoms with van der Waals surface area (Å²) < 4.78 is 38.2. The van der Waals surface area contributed by atoms with Crippen molar-refractivity contribution in [3.8, 4) is 5.75 Å². The largest absolute Gasteiger partial charge is 0.490 e. The number of halogens is 2. The molecule has 0 saturated heterocycles. The number of imidazole rings is 2. The molecule has 0 aliphatic carbocycles. The Bertz CT molecular complexity index is 1970. The fourth-order valence-corrected chi connectivity index (χ4v) is 4.06. The van der Waals surface area contributed by atoms with Crippen LogP contribution in [0.3, 0.4) is 0 Å². The number of amides is 2. The van der Waals surface area contributed by atoms with Crippen molar-refractivity contribution < 1.29 is 42.9 Å². The second-order valence-corrected chi connectivity index (χ2v) is 9.76. The Morgan fingerprint density at radius 1 is 0.860 bits per heavy atom. The number of nitrogens with one attached hydrogen (secondary N) is 1. The summed E-state index contributed by atoms with van der Waals surface area (Å²) in [6.07, 6.45) is 15.9. The zero-order valence-corrected chi connectivity index (χ0v) is 25.9. The van der Waals surface area contributed by atoms with Crippen molar-refractivity contribution in [1.82, 2.24) is 19.1 Å². The average Bonchev–Trinajstić information content (AvgIpc) is 3.81. The first-order valence-corrected chi connectivity index (χ1v) is 14.1. The molecule has 16 nitrogen and oxygen atoms in total. The molecule has 2 aromatic heterocycles. The third-order valence-corrected chi connectivity index (χ3v) is 6.47. The number of aromatic carboxylic acids is 2. The highest BCUT2D eigenvalue weighted by atomic mass is 19.1. The lowest BCUT2D eigenvalue weighted by Crippen LogP contribution is -2.21. The molecule has 4 aromatic rings. The molecule has 0 spiro atoms. The van der Waals surface area contributed by atoms with E-state index in [4.69, 9.17) is 26.7 Å². The molecule has 0 bridgehead atoms. The van der Waals surface area contributed by atoms with Gasteiger partial charge in [-0.3, -0.25) is 18.7 Å². The van der Waals surface area contributed by atoms with Gasteiger partial charge >= 0.3 is 11.9 Å². The van der Waals surface area contributed by atoms with Gasteiger partial charge in [0.1, 0.15) is 30.1 Å². The number of carbonyl (C=O) groups excluding carboxylic acids is 2. The summed E-state index contributed by atoms with van der Waals surface area (Å²) >= 11 is 0. The number of nitrogens with zero attached hydrogens (tertiary/aromatic N) is 4. The van der Waals surface area contributed by atoms with Gasteiger partial charge in [-0.1, -0.05) is 12.2 Å². The molecule has 18 heteroatoms. The molecule has 0 atom stereocenters. The molecule has 11 N–H and O–H groups in total. The van der Waals surface area contributed by atoms with Crippen molar-refractivity contribution in [2.24, 2.45) is 22.9 Å². The summed E-state index contributed by atoms with van der Waals surface area (Å²) in [5, 5.41) is 21.6. The van der Waals surface area contributed by atoms with Crippen LogP contribution < -0.4 is 33.0 Å². The fraction of sp³-hybridized carbons (Fsp3) is 0.0625. The number of hydrogen-bond acceptors (Lipinski definition) is 10. The van der Waals surface area contributed by atoms with E-state index in [9.17, 15) is 33.4 Å². The van der Waals surface area contributed by atoms with Gasteiger partial charge in [0, 0.05) is 37.3 Å². The highest BCUT2D eigenvalue weighted by Crippen LogP contribution is 2.27. The SMILES string of the molecule is N/C(=C\C=C(/N)n1ccnc1)C(=O)Nc1cc(F)c(OCCc2cc(C(=O)O)c(/C=C/C=C(\N)n3ccnc3)cc2F)cc1C(=O)O.NC=O. The molecule has 2 aromatic carbocycles. The topological polar surface area (TPSA) is 270 Å². The maximum Gasteiger partial charge on any atom is 0.337 e. The zero-order valence-electron chi connectivity index (χ0n) is 25.9. The zero-order chi connectivity index (χ0) is 36.8. The third-order valence-electron chi connectivity index (χ3n) is 6.47. The summed E-state index contributed by atoms with van der Waals surface area (Å²) in [4.78, 5) is 52.6. The lowest BCUT2D eigenvalue weighted by atomic mass is 10.0. The summed E-state index contributed by atoms with van der Waals surface area (Å²) in [6.45, 7) is -0.350. The van der Waals surface area contributed by atoms with Gasteiger partial charge in [-0.05, 0) is 47.6 Å². The van der Waals surface area contributed by atoms with Crippen molar-refractivity contribution >= 4 is 47.7 Å². The molecule has 0 fully saturated rings. The van der Waals surface area contributed by atoms with E-state index >= 15 is 0 Å². The number of anilines is 1. The summed E-state index contributed by atoms with van der Waals surface area (Å²) in [6, 6.07) is 3.73. The van der Waals surface area contributed by atoms with Crippen molar-refractivity contribution in [2.45, 2.75) is 6.42 Å². The van der Waals surface area contributed by atoms with E-state index in [0.717, 1.165) is 24.3 Å². The number of carboxylic acid groups (broad SMARTS) is 2. The number of carboxylic acids is 2. The molecule has 50 heavy (non-hydrogen) atoms. The minimum atomic E-state index is -1.51. The molecule has 0 unspecified atom stereocenters. The normalized spacial score (nSPS) is 11.8. The first kappa shape index (κ1) is 37.2. The van der Waals surface area contributed by atoms with Crippen LogP contribution >= 0.6 is 0 Å². The van der Waals surface area contributed by atoms with Gasteiger partial charge in [0.25, 0.3) is 5.91 Å². The van der Waals surface area contributed by atoms with E-state index in [1.165, 1.54) is 64.6 Å². The van der Waals surface area contributed by atoms with E-state index in [1.807, 2.05) is 0 Å². The molecule has 4 rings (SSSR count). The van der Waals surface area contributed by atoms with Crippen LogP contribution in [0.1, 0.15) is 31.8 Å². The quantitative estimate of drug-likeness (QED) is 0.0604. The Morgan fingerprint density at radius 3 is 2.02 bits per heavy atom. The standard InChI is InChI=1S/C31H28F2N8O6.CH3NO/c32-22-13-18(2-1-3-27(35)40-9-7-37-16-40)20(30(43)44)12-19(22)6-11-47-26-14-21(31(45)46)25(15-23(26)33)39-29(42)24(34)4-5-28(36)41-10-8-38-17-41;2-1-3/h1-5,7-10,12-17H,6,11,34-36H2,(H,39,42)(H,43,44)(H,45,46);1H,(H2,2,3)/b2-1+,24-4-,27-3+,28-5+;. The maximum atomic E-state index is 14.9. The second kappa shape index (κ2) is 17.6. The van der Waals surface area contributed by atoms with Gasteiger partial charge in [-0.2, -0.15) is 0 Å². The van der Waals surface area contributed by atoms with E-state index in [0.29, 0.717) is 5.82 Å². The number of primary amides is 1. The van der Waals surface area contributed by atoms with Crippen molar-refractivity contribution in [3.63, 3.8) is 0 Å². The minimum Gasteiger partial charge on any atom is -0.490 e. The molecular weight excluding hydrogens is 660 g/mol. The van der Waals surface area contributed by atoms with Gasteiger partial charge in [-0.25, -0.2) is 28.3 Å². The number of hydrogen-bond donors (Lipinski definition) is 7. The second-order valence-electron chi connectivity index (χ2n) is 9.76. The molecular formula is C32H31F2N9O7. The molecule has 0 aliphatic heterocycles. The van der Waals surface area contributed by atoms with E-state index in [2.05, 4.69) is 21.0 Å². The first-order valence-electron chi connectivity index (χ1n) is 14.1. The lowest BCUT2D eigenvalue weighted by molar-refractivity contribution is -0.113. The van der Waals surface area contributed by atoms with Crippen LogP contribution in [-0.2, 0) is 16.0 Å². The molecule has 2 heterocycles. The highest BCUT2D eigenvalue weighted by Gasteiger charge is 2.19. The highest BCUT2D eigenvalue weighted by molar-refractivity contribution is 6.07. The minimum absolute atomic E-state index is 0.0410. The Morgan fingerprint density at radius 2 is 1.46 bits per heavy atom. The first-order chi connectivity index (χ1) is 23.9. The van der Waals surface area contributed by atoms with Crippen LogP contribution in [0, 0.1) is 11.6 Å². The lowest BCUT2D eigenvalue weighted by Gasteiger charge is -2.13. The number of ether oxygens (including phenoxy) is 1.